The standard InChI is InChI=1S/C15H18N6O2S/c1-9-12-7-10(8-16-14(12)20(2)17-9)24(22,23)19-15-11-5-4-6-13(11)18-21(15)3/h7-8,19H,4-6H2,1-3H3. The van der Waals surface area contributed by atoms with Gasteiger partial charge in [0.15, 0.2) is 5.65 Å². The van der Waals surface area contributed by atoms with Crippen LogP contribution in [0.4, 0.5) is 5.82 Å². The van der Waals surface area contributed by atoms with Gasteiger partial charge in [-0.15, -0.1) is 0 Å². The third kappa shape index (κ3) is 2.19. The lowest BCUT2D eigenvalue weighted by molar-refractivity contribution is 0.599. The van der Waals surface area contributed by atoms with E-state index >= 15 is 0 Å². The van der Waals surface area contributed by atoms with Gasteiger partial charge in [0.2, 0.25) is 0 Å². The molecule has 3 aromatic heterocycles. The number of aryl methyl sites for hydroxylation is 4. The summed E-state index contributed by atoms with van der Waals surface area (Å²) >= 11 is 0. The number of aromatic nitrogens is 5. The van der Waals surface area contributed by atoms with Crippen LogP contribution in [0.5, 0.6) is 0 Å². The van der Waals surface area contributed by atoms with E-state index in [1.54, 1.807) is 29.5 Å². The highest BCUT2D eigenvalue weighted by molar-refractivity contribution is 7.92. The van der Waals surface area contributed by atoms with E-state index in [1.165, 1.54) is 6.20 Å². The molecule has 0 amide bonds. The van der Waals surface area contributed by atoms with Gasteiger partial charge >= 0.3 is 0 Å². The Morgan fingerprint density at radius 3 is 2.75 bits per heavy atom. The number of nitrogens with one attached hydrogen (secondary N) is 1. The molecule has 9 heteroatoms. The Hall–Kier alpha value is -2.42. The largest absolute Gasteiger partial charge is 0.264 e. The number of sulfonamides is 1. The topological polar surface area (TPSA) is 94.7 Å². The summed E-state index contributed by atoms with van der Waals surface area (Å²) in [6.07, 6.45) is 4.12. The second-order valence-corrected chi connectivity index (χ2v) is 7.79. The van der Waals surface area contributed by atoms with Crippen molar-refractivity contribution in [3.8, 4) is 0 Å². The van der Waals surface area contributed by atoms with Crippen LogP contribution in [0.25, 0.3) is 11.0 Å². The van der Waals surface area contributed by atoms with Gasteiger partial charge in [0, 0.05) is 31.2 Å². The molecule has 0 aliphatic heterocycles. The molecule has 0 aromatic carbocycles. The molecule has 1 aliphatic rings. The zero-order chi connectivity index (χ0) is 17.1. The van der Waals surface area contributed by atoms with Gasteiger partial charge in [0.1, 0.15) is 10.7 Å². The molecule has 0 spiro atoms. The second kappa shape index (κ2) is 5.04. The van der Waals surface area contributed by atoms with Crippen LogP contribution in [-0.2, 0) is 37.0 Å². The first-order chi connectivity index (χ1) is 11.4. The number of hydrogen-bond donors (Lipinski definition) is 1. The first-order valence-corrected chi connectivity index (χ1v) is 9.22. The summed E-state index contributed by atoms with van der Waals surface area (Å²) < 4.78 is 31.5. The molecule has 0 saturated carbocycles. The van der Waals surface area contributed by atoms with Gasteiger partial charge in [-0.2, -0.15) is 10.2 Å². The molecule has 0 saturated heterocycles. The first kappa shape index (κ1) is 15.1. The summed E-state index contributed by atoms with van der Waals surface area (Å²) in [5.74, 6) is 0.547. The van der Waals surface area contributed by atoms with Crippen LogP contribution < -0.4 is 4.72 Å². The molecule has 0 radical (unpaired) electrons. The average molecular weight is 346 g/mol. The van der Waals surface area contributed by atoms with E-state index in [4.69, 9.17) is 0 Å². The molecule has 1 N–H and O–H groups in total. The Labute approximate surface area is 139 Å². The van der Waals surface area contributed by atoms with Crippen molar-refractivity contribution in [3.05, 3.63) is 29.2 Å². The van der Waals surface area contributed by atoms with Gasteiger partial charge in [0.05, 0.1) is 11.4 Å². The minimum absolute atomic E-state index is 0.124. The minimum atomic E-state index is -3.74. The van der Waals surface area contributed by atoms with E-state index in [0.29, 0.717) is 11.5 Å². The summed E-state index contributed by atoms with van der Waals surface area (Å²) in [5, 5.41) is 9.40. The second-order valence-electron chi connectivity index (χ2n) is 6.11. The highest BCUT2D eigenvalue weighted by Crippen LogP contribution is 2.30. The lowest BCUT2D eigenvalue weighted by Crippen LogP contribution is -2.16. The monoisotopic (exact) mass is 346 g/mol. The molecule has 126 valence electrons. The van der Waals surface area contributed by atoms with E-state index in [-0.39, 0.29) is 4.90 Å². The van der Waals surface area contributed by atoms with Crippen LogP contribution in [-0.4, -0.2) is 33.0 Å². The molecule has 0 bridgehead atoms. The van der Waals surface area contributed by atoms with Crippen molar-refractivity contribution in [2.75, 3.05) is 4.72 Å². The molecule has 0 unspecified atom stereocenters. The van der Waals surface area contributed by atoms with E-state index < -0.39 is 10.0 Å². The molecule has 1 aliphatic carbocycles. The van der Waals surface area contributed by atoms with Crippen molar-refractivity contribution in [2.45, 2.75) is 31.1 Å². The van der Waals surface area contributed by atoms with Crippen LogP contribution in [0.15, 0.2) is 17.2 Å². The Balaban J connectivity index is 1.77. The van der Waals surface area contributed by atoms with E-state index in [2.05, 4.69) is 19.9 Å². The fourth-order valence-corrected chi connectivity index (χ4v) is 4.36. The Bertz CT molecular complexity index is 1060. The summed E-state index contributed by atoms with van der Waals surface area (Å²) in [5.41, 5.74) is 3.38. The Morgan fingerprint density at radius 2 is 1.96 bits per heavy atom. The number of nitrogens with zero attached hydrogens (tertiary/aromatic N) is 5. The van der Waals surface area contributed by atoms with Crippen molar-refractivity contribution in [3.63, 3.8) is 0 Å². The maximum atomic E-state index is 12.8. The molecule has 0 fully saturated rings. The van der Waals surface area contributed by atoms with Gasteiger partial charge in [-0.25, -0.2) is 13.4 Å². The van der Waals surface area contributed by atoms with Gasteiger partial charge in [0.25, 0.3) is 10.0 Å². The van der Waals surface area contributed by atoms with Gasteiger partial charge < -0.3 is 0 Å². The number of hydrogen-bond acceptors (Lipinski definition) is 5. The summed E-state index contributed by atoms with van der Waals surface area (Å²) in [7, 11) is -0.198. The first-order valence-electron chi connectivity index (χ1n) is 7.74. The molecule has 4 rings (SSSR count). The number of anilines is 1. The van der Waals surface area contributed by atoms with Crippen LogP contribution in [0, 0.1) is 6.92 Å². The molecular weight excluding hydrogens is 328 g/mol. The lowest BCUT2D eigenvalue weighted by Gasteiger charge is -2.10. The number of pyridine rings is 1. The number of fused-ring (bicyclic) bond motifs is 2. The fraction of sp³-hybridized carbons (Fsp3) is 0.400. The van der Waals surface area contributed by atoms with Crippen LogP contribution in [0.1, 0.15) is 23.4 Å². The predicted molar refractivity (Wildman–Crippen MR) is 89.3 cm³/mol. The maximum absolute atomic E-state index is 12.8. The highest BCUT2D eigenvalue weighted by Gasteiger charge is 2.25. The zero-order valence-electron chi connectivity index (χ0n) is 13.7. The van der Waals surface area contributed by atoms with Crippen molar-refractivity contribution >= 4 is 26.9 Å². The van der Waals surface area contributed by atoms with Gasteiger partial charge in [-0.1, -0.05) is 0 Å². The summed E-state index contributed by atoms with van der Waals surface area (Å²) in [4.78, 5) is 4.37. The Morgan fingerprint density at radius 1 is 1.17 bits per heavy atom. The van der Waals surface area contributed by atoms with Crippen molar-refractivity contribution in [1.29, 1.82) is 0 Å². The quantitative estimate of drug-likeness (QED) is 0.771. The smallest absolute Gasteiger partial charge is 0.263 e. The van der Waals surface area contributed by atoms with Crippen LogP contribution in [0.3, 0.4) is 0 Å². The fourth-order valence-electron chi connectivity index (χ4n) is 3.27. The average Bonchev–Trinajstić information content (AvgIpc) is 3.17. The molecule has 3 aromatic rings. The molecular formula is C15H18N6O2S. The molecule has 8 nitrogen and oxygen atoms in total. The summed E-state index contributed by atoms with van der Waals surface area (Å²) in [6, 6.07) is 1.61. The predicted octanol–water partition coefficient (Wildman–Crippen LogP) is 1.30. The highest BCUT2D eigenvalue weighted by atomic mass is 32.2. The SMILES string of the molecule is Cc1nn(C)c2ncc(S(=O)(=O)Nc3c4c(nn3C)CCC4)cc12. The van der Waals surface area contributed by atoms with Crippen molar-refractivity contribution in [1.82, 2.24) is 24.5 Å². The van der Waals surface area contributed by atoms with E-state index in [0.717, 1.165) is 41.6 Å². The van der Waals surface area contributed by atoms with Crippen molar-refractivity contribution < 1.29 is 8.42 Å². The third-order valence-electron chi connectivity index (χ3n) is 4.45. The summed E-state index contributed by atoms with van der Waals surface area (Å²) in [6.45, 7) is 1.84. The minimum Gasteiger partial charge on any atom is -0.263 e. The van der Waals surface area contributed by atoms with Crippen molar-refractivity contribution in [2.24, 2.45) is 14.1 Å². The van der Waals surface area contributed by atoms with Gasteiger partial charge in [-0.05, 0) is 32.3 Å². The van der Waals surface area contributed by atoms with Gasteiger partial charge in [-0.3, -0.25) is 14.1 Å². The Kier molecular flexibility index (Phi) is 3.17. The molecule has 0 atom stereocenters. The normalized spacial score (nSPS) is 14.3. The molecule has 3 heterocycles. The zero-order valence-corrected chi connectivity index (χ0v) is 14.6. The van der Waals surface area contributed by atoms with E-state index in [9.17, 15) is 8.42 Å². The lowest BCUT2D eigenvalue weighted by atomic mass is 10.3. The third-order valence-corrected chi connectivity index (χ3v) is 5.75. The van der Waals surface area contributed by atoms with Crippen LogP contribution in [0.2, 0.25) is 0 Å². The van der Waals surface area contributed by atoms with E-state index in [1.807, 2.05) is 6.92 Å². The maximum Gasteiger partial charge on any atom is 0.264 e. The number of rotatable bonds is 3. The molecule has 24 heavy (non-hydrogen) atoms. The van der Waals surface area contributed by atoms with Crippen LogP contribution >= 0.6 is 0 Å².